The fourth-order valence-corrected chi connectivity index (χ4v) is 3.16. The van der Waals surface area contributed by atoms with Crippen molar-refractivity contribution in [2.45, 2.75) is 32.1 Å². The Balaban J connectivity index is 0.000000352. The van der Waals surface area contributed by atoms with Gasteiger partial charge in [0.1, 0.15) is 5.75 Å². The number of fused-ring (bicyclic) bond motifs is 1. The van der Waals surface area contributed by atoms with Crippen LogP contribution in [0.3, 0.4) is 0 Å². The summed E-state index contributed by atoms with van der Waals surface area (Å²) in [5.41, 5.74) is 2.10. The van der Waals surface area contributed by atoms with Crippen molar-refractivity contribution in [3.63, 3.8) is 0 Å². The van der Waals surface area contributed by atoms with E-state index in [1.807, 2.05) is 12.1 Å². The van der Waals surface area contributed by atoms with E-state index in [4.69, 9.17) is 24.5 Å². The van der Waals surface area contributed by atoms with E-state index in [9.17, 15) is 4.79 Å². The van der Waals surface area contributed by atoms with Crippen LogP contribution < -0.4 is 10.1 Å². The van der Waals surface area contributed by atoms with Crippen LogP contribution in [0.15, 0.2) is 18.2 Å². The molecule has 8 nitrogen and oxygen atoms in total. The SMILES string of the molecule is CC(=O)Nc1ccc2c(c1)C(CN1CCCCC1)CO2.O=C(O)C(=O)O. The molecule has 0 aliphatic carbocycles. The summed E-state index contributed by atoms with van der Waals surface area (Å²) < 4.78 is 5.77. The van der Waals surface area contributed by atoms with Crippen LogP contribution in [0.4, 0.5) is 5.69 Å². The van der Waals surface area contributed by atoms with E-state index in [2.05, 4.69) is 16.3 Å². The predicted octanol–water partition coefficient (Wildman–Crippen LogP) is 1.76. The number of hydrogen-bond acceptors (Lipinski definition) is 5. The molecule has 3 rings (SSSR count). The van der Waals surface area contributed by atoms with E-state index in [-0.39, 0.29) is 5.91 Å². The summed E-state index contributed by atoms with van der Waals surface area (Å²) in [5.74, 6) is -2.28. The summed E-state index contributed by atoms with van der Waals surface area (Å²) in [5, 5.41) is 17.6. The molecule has 0 radical (unpaired) electrons. The zero-order valence-electron chi connectivity index (χ0n) is 14.7. The van der Waals surface area contributed by atoms with Gasteiger partial charge in [0.05, 0.1) is 6.61 Å². The lowest BCUT2D eigenvalue weighted by Gasteiger charge is -2.28. The number of carboxylic acid groups (broad SMARTS) is 2. The fraction of sp³-hybridized carbons (Fsp3) is 0.500. The maximum absolute atomic E-state index is 11.2. The standard InChI is InChI=1S/C16H22N2O2.C2H2O4/c1-12(19)17-14-5-6-16-15(9-14)13(11-20-16)10-18-7-3-2-4-8-18;3-1(4)2(5)6/h5-6,9,13H,2-4,7-8,10-11H2,1H3,(H,17,19);(H,3,4)(H,5,6). The lowest BCUT2D eigenvalue weighted by Crippen LogP contribution is -2.33. The van der Waals surface area contributed by atoms with Crippen molar-refractivity contribution in [1.82, 2.24) is 4.90 Å². The second-order valence-electron chi connectivity index (χ2n) is 6.41. The van der Waals surface area contributed by atoms with Crippen molar-refractivity contribution in [2.75, 3.05) is 31.6 Å². The highest BCUT2D eigenvalue weighted by molar-refractivity contribution is 6.27. The van der Waals surface area contributed by atoms with Gasteiger partial charge < -0.3 is 25.2 Å². The number of piperidine rings is 1. The van der Waals surface area contributed by atoms with Gasteiger partial charge in [0.15, 0.2) is 0 Å². The van der Waals surface area contributed by atoms with Gasteiger partial charge in [-0.25, -0.2) is 9.59 Å². The van der Waals surface area contributed by atoms with Gasteiger partial charge in [-0.2, -0.15) is 0 Å². The number of likely N-dealkylation sites (tertiary alicyclic amines) is 1. The van der Waals surface area contributed by atoms with E-state index >= 15 is 0 Å². The number of carboxylic acids is 2. The van der Waals surface area contributed by atoms with Crippen molar-refractivity contribution in [2.24, 2.45) is 0 Å². The number of anilines is 1. The zero-order valence-corrected chi connectivity index (χ0v) is 14.7. The van der Waals surface area contributed by atoms with Gasteiger partial charge in [0, 0.05) is 30.6 Å². The van der Waals surface area contributed by atoms with Crippen LogP contribution in [0.25, 0.3) is 0 Å². The summed E-state index contributed by atoms with van der Waals surface area (Å²) in [4.78, 5) is 31.9. The Labute approximate surface area is 151 Å². The first-order valence-electron chi connectivity index (χ1n) is 8.59. The quantitative estimate of drug-likeness (QED) is 0.700. The molecular formula is C18H24N2O6. The molecule has 0 saturated carbocycles. The molecule has 1 saturated heterocycles. The third kappa shape index (κ3) is 5.73. The van der Waals surface area contributed by atoms with Gasteiger partial charge >= 0.3 is 11.9 Å². The highest BCUT2D eigenvalue weighted by atomic mass is 16.5. The Morgan fingerprint density at radius 3 is 2.38 bits per heavy atom. The minimum Gasteiger partial charge on any atom is -0.493 e. The molecule has 0 aromatic heterocycles. The van der Waals surface area contributed by atoms with Crippen molar-refractivity contribution < 1.29 is 29.3 Å². The number of aliphatic carboxylic acids is 2. The van der Waals surface area contributed by atoms with Crippen LogP contribution >= 0.6 is 0 Å². The lowest BCUT2D eigenvalue weighted by molar-refractivity contribution is -0.159. The molecule has 0 bridgehead atoms. The maximum Gasteiger partial charge on any atom is 0.414 e. The molecule has 2 heterocycles. The number of benzene rings is 1. The number of carbonyl (C=O) groups excluding carboxylic acids is 1. The van der Waals surface area contributed by atoms with E-state index < -0.39 is 11.9 Å². The Hall–Kier alpha value is -2.61. The Morgan fingerprint density at radius 1 is 1.15 bits per heavy atom. The maximum atomic E-state index is 11.2. The van der Waals surface area contributed by atoms with Gasteiger partial charge in [-0.15, -0.1) is 0 Å². The average Bonchev–Trinajstić information content (AvgIpc) is 2.98. The molecule has 1 aromatic rings. The number of hydrogen-bond donors (Lipinski definition) is 3. The number of nitrogens with one attached hydrogen (secondary N) is 1. The number of nitrogens with zero attached hydrogens (tertiary/aromatic N) is 1. The number of carbonyl (C=O) groups is 3. The van der Waals surface area contributed by atoms with Crippen LogP contribution in [0, 0.1) is 0 Å². The second kappa shape index (κ2) is 9.19. The number of rotatable bonds is 3. The van der Waals surface area contributed by atoms with Gasteiger partial charge in [0.25, 0.3) is 0 Å². The van der Waals surface area contributed by atoms with Crippen LogP contribution in [0.2, 0.25) is 0 Å². The highest BCUT2D eigenvalue weighted by Crippen LogP contribution is 2.36. The molecule has 1 fully saturated rings. The molecule has 1 atom stereocenters. The van der Waals surface area contributed by atoms with Crippen molar-refractivity contribution >= 4 is 23.5 Å². The molecule has 8 heteroatoms. The van der Waals surface area contributed by atoms with Gasteiger partial charge in [-0.1, -0.05) is 6.42 Å². The molecular weight excluding hydrogens is 340 g/mol. The van der Waals surface area contributed by atoms with E-state index in [1.165, 1.54) is 44.8 Å². The first-order chi connectivity index (χ1) is 12.4. The Morgan fingerprint density at radius 2 is 1.81 bits per heavy atom. The zero-order chi connectivity index (χ0) is 19.1. The molecule has 2 aliphatic rings. The Bertz CT molecular complexity index is 658. The van der Waals surface area contributed by atoms with Crippen LogP contribution in [0.5, 0.6) is 5.75 Å². The molecule has 26 heavy (non-hydrogen) atoms. The highest BCUT2D eigenvalue weighted by Gasteiger charge is 2.27. The van der Waals surface area contributed by atoms with Crippen molar-refractivity contribution in [3.05, 3.63) is 23.8 Å². The summed E-state index contributed by atoms with van der Waals surface area (Å²) in [6.07, 6.45) is 3.99. The average molecular weight is 364 g/mol. The first-order valence-corrected chi connectivity index (χ1v) is 8.59. The minimum atomic E-state index is -1.82. The van der Waals surface area contributed by atoms with E-state index in [1.54, 1.807) is 0 Å². The lowest BCUT2D eigenvalue weighted by atomic mass is 9.99. The fourth-order valence-electron chi connectivity index (χ4n) is 3.16. The molecule has 3 N–H and O–H groups in total. The predicted molar refractivity (Wildman–Crippen MR) is 94.5 cm³/mol. The minimum absolute atomic E-state index is 0.0311. The van der Waals surface area contributed by atoms with Crippen LogP contribution in [0.1, 0.15) is 37.7 Å². The largest absolute Gasteiger partial charge is 0.493 e. The van der Waals surface area contributed by atoms with Gasteiger partial charge in [0.2, 0.25) is 5.91 Å². The van der Waals surface area contributed by atoms with Crippen molar-refractivity contribution in [1.29, 1.82) is 0 Å². The smallest absolute Gasteiger partial charge is 0.414 e. The first kappa shape index (κ1) is 19.7. The molecule has 2 aliphatic heterocycles. The number of amides is 1. The van der Waals surface area contributed by atoms with Crippen LogP contribution in [-0.2, 0) is 14.4 Å². The summed E-state index contributed by atoms with van der Waals surface area (Å²) >= 11 is 0. The topological polar surface area (TPSA) is 116 Å². The molecule has 142 valence electrons. The van der Waals surface area contributed by atoms with Crippen LogP contribution in [-0.4, -0.2) is 59.2 Å². The van der Waals surface area contributed by atoms with Gasteiger partial charge in [-0.3, -0.25) is 4.79 Å². The molecule has 1 amide bonds. The van der Waals surface area contributed by atoms with E-state index in [0.29, 0.717) is 5.92 Å². The summed E-state index contributed by atoms with van der Waals surface area (Å²) in [7, 11) is 0. The monoisotopic (exact) mass is 364 g/mol. The Kier molecular flexibility index (Phi) is 6.97. The summed E-state index contributed by atoms with van der Waals surface area (Å²) in [6.45, 7) is 5.77. The summed E-state index contributed by atoms with van der Waals surface area (Å²) in [6, 6.07) is 5.94. The normalized spacial score (nSPS) is 18.7. The molecule has 1 aromatic carbocycles. The van der Waals surface area contributed by atoms with Crippen molar-refractivity contribution in [3.8, 4) is 5.75 Å². The molecule has 0 spiro atoms. The van der Waals surface area contributed by atoms with Gasteiger partial charge in [-0.05, 0) is 44.1 Å². The third-order valence-corrected chi connectivity index (χ3v) is 4.32. The van der Waals surface area contributed by atoms with E-state index in [0.717, 1.165) is 24.6 Å². The third-order valence-electron chi connectivity index (χ3n) is 4.32. The molecule has 1 unspecified atom stereocenters. The second-order valence-corrected chi connectivity index (χ2v) is 6.41. The number of ether oxygens (including phenoxy) is 1.